The molecule has 1 amide bonds. The molecule has 0 bridgehead atoms. The van der Waals surface area contributed by atoms with Gasteiger partial charge in [-0.25, -0.2) is 4.98 Å². The summed E-state index contributed by atoms with van der Waals surface area (Å²) in [6.07, 6.45) is 3.34. The van der Waals surface area contributed by atoms with Crippen molar-refractivity contribution >= 4 is 22.5 Å². The molecule has 5 rings (SSSR count). The minimum Gasteiger partial charge on any atom is -0.454 e. The topological polar surface area (TPSA) is 97.1 Å². The van der Waals surface area contributed by atoms with Crippen molar-refractivity contribution in [2.45, 2.75) is 0 Å². The van der Waals surface area contributed by atoms with E-state index in [1.54, 1.807) is 42.7 Å². The van der Waals surface area contributed by atoms with Crippen LogP contribution in [0.4, 0.5) is 5.69 Å². The summed E-state index contributed by atoms with van der Waals surface area (Å²) in [5, 5.41) is 12.8. The van der Waals surface area contributed by atoms with Crippen LogP contribution in [0.25, 0.3) is 22.0 Å². The molecule has 4 aromatic rings. The fraction of sp³-hybridized carbons (Fsp3) is 0.0435. The molecule has 0 fully saturated rings. The van der Waals surface area contributed by atoms with Crippen molar-refractivity contribution in [3.63, 3.8) is 0 Å². The Labute approximate surface area is 171 Å². The minimum absolute atomic E-state index is 0.153. The molecule has 7 heteroatoms. The summed E-state index contributed by atoms with van der Waals surface area (Å²) < 4.78 is 10.6. The molecule has 2 aromatic heterocycles. The van der Waals surface area contributed by atoms with Gasteiger partial charge in [0.1, 0.15) is 11.8 Å². The monoisotopic (exact) mass is 394 g/mol. The highest BCUT2D eigenvalue weighted by molar-refractivity contribution is 6.10. The van der Waals surface area contributed by atoms with E-state index in [2.05, 4.69) is 15.3 Å². The SMILES string of the molecule is N#Cc1ccc(-c2ccnc3c(NC(=O)c4ccc5c(c4)OCO5)cccc23)cn1. The quantitative estimate of drug-likeness (QED) is 0.561. The van der Waals surface area contributed by atoms with E-state index in [1.807, 2.05) is 30.3 Å². The first-order chi connectivity index (χ1) is 14.7. The number of rotatable bonds is 3. The second-order valence-electron chi connectivity index (χ2n) is 6.63. The second kappa shape index (κ2) is 7.18. The maximum atomic E-state index is 12.8. The highest BCUT2D eigenvalue weighted by Gasteiger charge is 2.17. The van der Waals surface area contributed by atoms with Gasteiger partial charge in [0.15, 0.2) is 11.5 Å². The molecule has 0 aliphatic carbocycles. The summed E-state index contributed by atoms with van der Waals surface area (Å²) in [6.45, 7) is 0.153. The molecule has 0 spiro atoms. The Bertz CT molecular complexity index is 1330. The van der Waals surface area contributed by atoms with Crippen LogP contribution in [-0.4, -0.2) is 22.7 Å². The van der Waals surface area contributed by atoms with Crippen LogP contribution in [-0.2, 0) is 0 Å². The number of amides is 1. The number of nitriles is 1. The first-order valence-electron chi connectivity index (χ1n) is 9.18. The van der Waals surface area contributed by atoms with Gasteiger partial charge in [-0.05, 0) is 48.0 Å². The highest BCUT2D eigenvalue weighted by atomic mass is 16.7. The van der Waals surface area contributed by atoms with E-state index in [9.17, 15) is 4.79 Å². The lowest BCUT2D eigenvalue weighted by Crippen LogP contribution is -2.12. The number of anilines is 1. The number of pyridine rings is 2. The molecule has 1 aliphatic rings. The summed E-state index contributed by atoms with van der Waals surface area (Å²) in [6, 6.07) is 18.1. The predicted octanol–water partition coefficient (Wildman–Crippen LogP) is 4.15. The molecule has 0 saturated heterocycles. The minimum atomic E-state index is -0.270. The van der Waals surface area contributed by atoms with Gasteiger partial charge in [0.2, 0.25) is 6.79 Å². The first kappa shape index (κ1) is 17.6. The third-order valence-electron chi connectivity index (χ3n) is 4.84. The van der Waals surface area contributed by atoms with Crippen LogP contribution >= 0.6 is 0 Å². The van der Waals surface area contributed by atoms with Gasteiger partial charge in [-0.2, -0.15) is 5.26 Å². The van der Waals surface area contributed by atoms with Crippen LogP contribution in [0.3, 0.4) is 0 Å². The van der Waals surface area contributed by atoms with E-state index in [0.29, 0.717) is 34.0 Å². The van der Waals surface area contributed by atoms with Gasteiger partial charge in [-0.15, -0.1) is 0 Å². The summed E-state index contributed by atoms with van der Waals surface area (Å²) in [7, 11) is 0. The van der Waals surface area contributed by atoms with E-state index in [4.69, 9.17) is 14.7 Å². The predicted molar refractivity (Wildman–Crippen MR) is 110 cm³/mol. The normalized spacial score (nSPS) is 11.8. The van der Waals surface area contributed by atoms with Crippen LogP contribution in [0.5, 0.6) is 11.5 Å². The van der Waals surface area contributed by atoms with Crippen molar-refractivity contribution in [1.29, 1.82) is 5.26 Å². The van der Waals surface area contributed by atoms with Gasteiger partial charge in [0, 0.05) is 28.9 Å². The van der Waals surface area contributed by atoms with Gasteiger partial charge < -0.3 is 14.8 Å². The Balaban J connectivity index is 1.51. The van der Waals surface area contributed by atoms with E-state index in [1.165, 1.54) is 0 Å². The number of nitrogens with one attached hydrogen (secondary N) is 1. The number of para-hydroxylation sites is 1. The van der Waals surface area contributed by atoms with Crippen molar-refractivity contribution in [2.75, 3.05) is 12.1 Å². The molecule has 0 unspecified atom stereocenters. The lowest BCUT2D eigenvalue weighted by Gasteiger charge is -2.11. The van der Waals surface area contributed by atoms with Crippen molar-refractivity contribution in [3.8, 4) is 28.7 Å². The number of carbonyl (C=O) groups is 1. The Kier molecular flexibility index (Phi) is 4.23. The van der Waals surface area contributed by atoms with Gasteiger partial charge in [0.05, 0.1) is 11.2 Å². The van der Waals surface area contributed by atoms with Crippen molar-refractivity contribution in [3.05, 3.63) is 78.2 Å². The number of fused-ring (bicyclic) bond motifs is 2. The Morgan fingerprint density at radius 3 is 2.77 bits per heavy atom. The fourth-order valence-electron chi connectivity index (χ4n) is 3.38. The van der Waals surface area contributed by atoms with Gasteiger partial charge in [-0.3, -0.25) is 9.78 Å². The zero-order valence-corrected chi connectivity index (χ0v) is 15.6. The zero-order chi connectivity index (χ0) is 20.5. The third-order valence-corrected chi connectivity index (χ3v) is 4.84. The van der Waals surface area contributed by atoms with E-state index in [-0.39, 0.29) is 12.7 Å². The number of nitrogens with zero attached hydrogens (tertiary/aromatic N) is 3. The van der Waals surface area contributed by atoms with Crippen LogP contribution in [0.2, 0.25) is 0 Å². The fourth-order valence-corrected chi connectivity index (χ4v) is 3.38. The third kappa shape index (κ3) is 3.06. The maximum Gasteiger partial charge on any atom is 0.255 e. The highest BCUT2D eigenvalue weighted by Crippen LogP contribution is 2.34. The summed E-state index contributed by atoms with van der Waals surface area (Å²) in [4.78, 5) is 21.4. The molecular formula is C23H14N4O3. The molecule has 30 heavy (non-hydrogen) atoms. The number of hydrogen-bond donors (Lipinski definition) is 1. The van der Waals surface area contributed by atoms with Crippen molar-refractivity contribution < 1.29 is 14.3 Å². The van der Waals surface area contributed by atoms with E-state index < -0.39 is 0 Å². The number of aromatic nitrogens is 2. The Morgan fingerprint density at radius 2 is 1.93 bits per heavy atom. The summed E-state index contributed by atoms with van der Waals surface area (Å²) in [5.74, 6) is 0.904. The molecule has 2 aromatic carbocycles. The first-order valence-corrected chi connectivity index (χ1v) is 9.18. The van der Waals surface area contributed by atoms with Crippen LogP contribution in [0, 0.1) is 11.3 Å². The van der Waals surface area contributed by atoms with Crippen LogP contribution in [0.1, 0.15) is 16.1 Å². The summed E-state index contributed by atoms with van der Waals surface area (Å²) >= 11 is 0. The second-order valence-corrected chi connectivity index (χ2v) is 6.63. The van der Waals surface area contributed by atoms with E-state index >= 15 is 0 Å². The van der Waals surface area contributed by atoms with Crippen molar-refractivity contribution in [2.24, 2.45) is 0 Å². The van der Waals surface area contributed by atoms with Crippen molar-refractivity contribution in [1.82, 2.24) is 9.97 Å². The van der Waals surface area contributed by atoms with Gasteiger partial charge in [-0.1, -0.05) is 12.1 Å². The van der Waals surface area contributed by atoms with Gasteiger partial charge >= 0.3 is 0 Å². The average Bonchev–Trinajstić information content (AvgIpc) is 3.27. The van der Waals surface area contributed by atoms with E-state index in [0.717, 1.165) is 16.5 Å². The molecule has 3 heterocycles. The Hall–Kier alpha value is -4.44. The van der Waals surface area contributed by atoms with Gasteiger partial charge in [0.25, 0.3) is 5.91 Å². The molecular weight excluding hydrogens is 380 g/mol. The number of hydrogen-bond acceptors (Lipinski definition) is 6. The average molecular weight is 394 g/mol. The summed E-state index contributed by atoms with van der Waals surface area (Å²) in [5.41, 5.74) is 3.85. The molecule has 7 nitrogen and oxygen atoms in total. The molecule has 144 valence electrons. The van der Waals surface area contributed by atoms with Crippen LogP contribution in [0.15, 0.2) is 67.0 Å². The maximum absolute atomic E-state index is 12.8. The molecule has 1 aliphatic heterocycles. The number of ether oxygens (including phenoxy) is 2. The number of carbonyl (C=O) groups excluding carboxylic acids is 1. The largest absolute Gasteiger partial charge is 0.454 e. The standard InChI is InChI=1S/C23H14N4O3/c24-11-16-6-4-15(12-26-16)17-8-9-25-22-18(17)2-1-3-19(22)27-23(28)14-5-7-20-21(10-14)30-13-29-20/h1-10,12H,13H2,(H,27,28). The molecule has 0 radical (unpaired) electrons. The lowest BCUT2D eigenvalue weighted by atomic mass is 10.0. The number of benzene rings is 2. The smallest absolute Gasteiger partial charge is 0.255 e. The lowest BCUT2D eigenvalue weighted by molar-refractivity contribution is 0.102. The zero-order valence-electron chi connectivity index (χ0n) is 15.6. The molecule has 1 N–H and O–H groups in total. The molecule has 0 atom stereocenters. The Morgan fingerprint density at radius 1 is 1.03 bits per heavy atom. The van der Waals surface area contributed by atoms with Crippen LogP contribution < -0.4 is 14.8 Å². The molecule has 0 saturated carbocycles.